The third-order valence-electron chi connectivity index (χ3n) is 2.91. The summed E-state index contributed by atoms with van der Waals surface area (Å²) >= 11 is 0. The van der Waals surface area contributed by atoms with Crippen LogP contribution < -0.4 is 5.73 Å². The number of nitrogens with two attached hydrogens (primary N) is 1. The average Bonchev–Trinajstić information content (AvgIpc) is 2.97. The van der Waals surface area contributed by atoms with E-state index in [1.165, 1.54) is 5.56 Å². The van der Waals surface area contributed by atoms with E-state index in [-0.39, 0.29) is 11.5 Å². The van der Waals surface area contributed by atoms with Crippen LogP contribution in [0, 0.1) is 0 Å². The summed E-state index contributed by atoms with van der Waals surface area (Å²) < 4.78 is 4.92. The summed E-state index contributed by atoms with van der Waals surface area (Å²) in [5.41, 5.74) is 7.84. The summed E-state index contributed by atoms with van der Waals surface area (Å²) in [7, 11) is 0. The molecule has 3 heteroatoms. The van der Waals surface area contributed by atoms with E-state index < -0.39 is 0 Å². The molecule has 1 aliphatic rings. The predicted molar refractivity (Wildman–Crippen MR) is 62.3 cm³/mol. The van der Waals surface area contributed by atoms with Crippen LogP contribution in [-0.2, 0) is 11.2 Å². The van der Waals surface area contributed by atoms with E-state index in [2.05, 4.69) is 0 Å². The Bertz CT molecular complexity index is 379. The normalized spacial score (nSPS) is 16.9. The largest absolute Gasteiger partial charge is 0.462 e. The predicted octanol–water partition coefficient (Wildman–Crippen LogP) is 1.90. The summed E-state index contributed by atoms with van der Waals surface area (Å²) in [6.07, 6.45) is 3.11. The highest BCUT2D eigenvalue weighted by molar-refractivity contribution is 5.89. The van der Waals surface area contributed by atoms with E-state index in [9.17, 15) is 4.79 Å². The lowest BCUT2D eigenvalue weighted by atomic mass is 10.0. The molecule has 0 unspecified atom stereocenters. The van der Waals surface area contributed by atoms with E-state index in [4.69, 9.17) is 10.5 Å². The van der Waals surface area contributed by atoms with Crippen LogP contribution >= 0.6 is 0 Å². The molecule has 2 N–H and O–H groups in total. The number of carbonyl (C=O) groups excluding carboxylic acids is 1. The molecule has 0 atom stereocenters. The van der Waals surface area contributed by atoms with Gasteiger partial charge in [-0.05, 0) is 43.9 Å². The lowest BCUT2D eigenvalue weighted by Gasteiger charge is -2.08. The third kappa shape index (κ3) is 2.61. The van der Waals surface area contributed by atoms with Crippen molar-refractivity contribution >= 4 is 5.97 Å². The van der Waals surface area contributed by atoms with Crippen molar-refractivity contribution in [2.75, 3.05) is 6.61 Å². The first kappa shape index (κ1) is 11.1. The Labute approximate surface area is 95.6 Å². The topological polar surface area (TPSA) is 52.3 Å². The second-order valence-corrected chi connectivity index (χ2v) is 4.46. The van der Waals surface area contributed by atoms with Gasteiger partial charge in [0, 0.05) is 5.54 Å². The first-order chi connectivity index (χ1) is 7.63. The standard InChI is InChI=1S/C13H17NO2/c1-2-16-12(15)11-5-3-10(4-6-11)9-13(14)7-8-13/h3-6H,2,7-9,14H2,1H3. The smallest absolute Gasteiger partial charge is 0.338 e. The molecule has 0 heterocycles. The fourth-order valence-electron chi connectivity index (χ4n) is 1.72. The van der Waals surface area contributed by atoms with Gasteiger partial charge in [-0.15, -0.1) is 0 Å². The summed E-state index contributed by atoms with van der Waals surface area (Å²) in [6.45, 7) is 2.21. The quantitative estimate of drug-likeness (QED) is 0.787. The Morgan fingerprint density at radius 2 is 2.00 bits per heavy atom. The summed E-state index contributed by atoms with van der Waals surface area (Å²) in [4.78, 5) is 11.4. The molecule has 0 radical (unpaired) electrons. The minimum Gasteiger partial charge on any atom is -0.462 e. The van der Waals surface area contributed by atoms with Gasteiger partial charge in [0.2, 0.25) is 0 Å². The van der Waals surface area contributed by atoms with Gasteiger partial charge < -0.3 is 10.5 Å². The van der Waals surface area contributed by atoms with Crippen molar-refractivity contribution in [3.63, 3.8) is 0 Å². The Balaban J connectivity index is 2.01. The summed E-state index contributed by atoms with van der Waals surface area (Å²) in [5.74, 6) is -0.261. The first-order valence-electron chi connectivity index (χ1n) is 5.68. The average molecular weight is 219 g/mol. The van der Waals surface area contributed by atoms with E-state index in [1.54, 1.807) is 19.1 Å². The van der Waals surface area contributed by atoms with E-state index in [0.29, 0.717) is 12.2 Å². The zero-order chi connectivity index (χ0) is 11.6. The van der Waals surface area contributed by atoms with Crippen LogP contribution in [0.5, 0.6) is 0 Å². The summed E-state index contributed by atoms with van der Waals surface area (Å²) in [6, 6.07) is 7.52. The van der Waals surface area contributed by atoms with Crippen LogP contribution in [0.2, 0.25) is 0 Å². The van der Waals surface area contributed by atoms with Crippen molar-refractivity contribution in [2.45, 2.75) is 31.7 Å². The molecule has 1 saturated carbocycles. The van der Waals surface area contributed by atoms with Gasteiger partial charge in [0.1, 0.15) is 0 Å². The monoisotopic (exact) mass is 219 g/mol. The van der Waals surface area contributed by atoms with Crippen LogP contribution in [0.15, 0.2) is 24.3 Å². The number of benzene rings is 1. The van der Waals surface area contributed by atoms with E-state index >= 15 is 0 Å². The van der Waals surface area contributed by atoms with Gasteiger partial charge in [0.05, 0.1) is 12.2 Å². The van der Waals surface area contributed by atoms with Crippen molar-refractivity contribution in [2.24, 2.45) is 5.73 Å². The molecule has 0 aliphatic heterocycles. The molecule has 16 heavy (non-hydrogen) atoms. The zero-order valence-corrected chi connectivity index (χ0v) is 9.53. The highest BCUT2D eigenvalue weighted by Crippen LogP contribution is 2.35. The van der Waals surface area contributed by atoms with Crippen molar-refractivity contribution in [1.82, 2.24) is 0 Å². The van der Waals surface area contributed by atoms with Gasteiger partial charge in [0.25, 0.3) is 0 Å². The van der Waals surface area contributed by atoms with Gasteiger partial charge in [0.15, 0.2) is 0 Å². The summed E-state index contributed by atoms with van der Waals surface area (Å²) in [5, 5.41) is 0. The minimum atomic E-state index is -0.261. The van der Waals surface area contributed by atoms with Crippen LogP contribution in [0.1, 0.15) is 35.7 Å². The Morgan fingerprint density at radius 1 is 1.38 bits per heavy atom. The molecule has 0 bridgehead atoms. The van der Waals surface area contributed by atoms with Gasteiger partial charge >= 0.3 is 5.97 Å². The fraction of sp³-hybridized carbons (Fsp3) is 0.462. The Kier molecular flexibility index (Phi) is 2.97. The number of hydrogen-bond acceptors (Lipinski definition) is 3. The molecule has 0 aromatic heterocycles. The maximum absolute atomic E-state index is 11.4. The lowest BCUT2D eigenvalue weighted by Crippen LogP contribution is -2.24. The first-order valence-corrected chi connectivity index (χ1v) is 5.68. The highest BCUT2D eigenvalue weighted by Gasteiger charge is 2.37. The maximum Gasteiger partial charge on any atom is 0.338 e. The number of hydrogen-bond donors (Lipinski definition) is 1. The van der Waals surface area contributed by atoms with Crippen molar-refractivity contribution in [3.8, 4) is 0 Å². The number of esters is 1. The molecule has 0 saturated heterocycles. The molecule has 1 fully saturated rings. The van der Waals surface area contributed by atoms with E-state index in [1.807, 2.05) is 12.1 Å². The molecule has 0 amide bonds. The second-order valence-electron chi connectivity index (χ2n) is 4.46. The van der Waals surface area contributed by atoms with Gasteiger partial charge in [-0.25, -0.2) is 4.79 Å². The van der Waals surface area contributed by atoms with Crippen LogP contribution in [0.4, 0.5) is 0 Å². The van der Waals surface area contributed by atoms with Crippen molar-refractivity contribution < 1.29 is 9.53 Å². The third-order valence-corrected chi connectivity index (χ3v) is 2.91. The maximum atomic E-state index is 11.4. The number of rotatable bonds is 4. The van der Waals surface area contributed by atoms with Crippen LogP contribution in [-0.4, -0.2) is 18.1 Å². The van der Waals surface area contributed by atoms with Gasteiger partial charge in [-0.2, -0.15) is 0 Å². The molecule has 3 nitrogen and oxygen atoms in total. The van der Waals surface area contributed by atoms with Gasteiger partial charge in [-0.3, -0.25) is 0 Å². The minimum absolute atomic E-state index is 0.0193. The molecular weight excluding hydrogens is 202 g/mol. The SMILES string of the molecule is CCOC(=O)c1ccc(CC2(N)CC2)cc1. The van der Waals surface area contributed by atoms with Crippen LogP contribution in [0.3, 0.4) is 0 Å². The number of ether oxygens (including phenoxy) is 1. The molecule has 0 spiro atoms. The van der Waals surface area contributed by atoms with E-state index in [0.717, 1.165) is 19.3 Å². The Hall–Kier alpha value is -1.35. The molecular formula is C13H17NO2. The van der Waals surface area contributed by atoms with Crippen molar-refractivity contribution in [3.05, 3.63) is 35.4 Å². The highest BCUT2D eigenvalue weighted by atomic mass is 16.5. The Morgan fingerprint density at radius 3 is 2.50 bits per heavy atom. The molecule has 1 aromatic rings. The zero-order valence-electron chi connectivity index (χ0n) is 9.53. The van der Waals surface area contributed by atoms with Crippen LogP contribution in [0.25, 0.3) is 0 Å². The van der Waals surface area contributed by atoms with Crippen molar-refractivity contribution in [1.29, 1.82) is 0 Å². The molecule has 86 valence electrons. The molecule has 2 rings (SSSR count). The molecule has 1 aliphatic carbocycles. The van der Waals surface area contributed by atoms with Gasteiger partial charge in [-0.1, -0.05) is 12.1 Å². The number of carbonyl (C=O) groups is 1. The second kappa shape index (κ2) is 4.26. The molecule has 1 aromatic carbocycles. The lowest BCUT2D eigenvalue weighted by molar-refractivity contribution is 0.0526. The fourth-order valence-corrected chi connectivity index (χ4v) is 1.72.